The molecule has 0 radical (unpaired) electrons. The van der Waals surface area contributed by atoms with Crippen LogP contribution >= 0.6 is 11.6 Å². The molecule has 0 aliphatic heterocycles. The molecule has 0 aliphatic rings. The van der Waals surface area contributed by atoms with E-state index in [-0.39, 0.29) is 22.7 Å². The van der Waals surface area contributed by atoms with Crippen molar-refractivity contribution in [1.82, 2.24) is 20.1 Å². The van der Waals surface area contributed by atoms with E-state index in [1.807, 2.05) is 0 Å². The summed E-state index contributed by atoms with van der Waals surface area (Å²) in [5, 5.41) is 6.10. The molecule has 222 valence electrons. The van der Waals surface area contributed by atoms with Crippen molar-refractivity contribution in [2.75, 3.05) is 0 Å². The van der Waals surface area contributed by atoms with E-state index >= 15 is 0 Å². The molecular formula is C27H19ClF8N4O2. The van der Waals surface area contributed by atoms with Crippen LogP contribution < -0.4 is 10.1 Å². The molecule has 2 heterocycles. The normalized spacial score (nSPS) is 13.6. The van der Waals surface area contributed by atoms with E-state index in [0.717, 1.165) is 25.4 Å². The van der Waals surface area contributed by atoms with Gasteiger partial charge in [-0.2, -0.15) is 35.8 Å². The third kappa shape index (κ3) is 6.48. The van der Waals surface area contributed by atoms with Crippen molar-refractivity contribution >= 4 is 17.5 Å². The fourth-order valence-corrected chi connectivity index (χ4v) is 4.43. The molecule has 0 saturated carbocycles. The number of nitrogens with zero attached hydrogens (tertiary/aromatic N) is 3. The Hall–Kier alpha value is -4.20. The molecule has 0 aliphatic carbocycles. The number of pyridine rings is 1. The second-order valence-electron chi connectivity index (χ2n) is 9.05. The molecule has 1 atom stereocenters. The number of carbonyl (C=O) groups is 1. The van der Waals surface area contributed by atoms with Gasteiger partial charge in [0.2, 0.25) is 0 Å². The molecule has 2 aromatic heterocycles. The van der Waals surface area contributed by atoms with Gasteiger partial charge in [0.05, 0.1) is 22.5 Å². The number of alkyl halides is 7. The second-order valence-corrected chi connectivity index (χ2v) is 9.49. The van der Waals surface area contributed by atoms with Gasteiger partial charge < -0.3 is 10.1 Å². The number of aryl methyl sites for hydroxylation is 1. The standard InChI is InChI=1S/C27H19ClF8N4O2/c1-40-22(26(32,33)34)20(14-38-40)23(41)39-25(12-15-5-3-2-4-6-15,21-8-7-17(28)13-37-21)16-9-18(29)11-19(10-16)42-27(35,36)24(30)31/h2-11,13-14,24H,12H2,1H3,(H,39,41)/t25-/m0/s1. The van der Waals surface area contributed by atoms with Gasteiger partial charge in [-0.1, -0.05) is 41.9 Å². The zero-order chi connectivity index (χ0) is 30.9. The van der Waals surface area contributed by atoms with Gasteiger partial charge in [-0.25, -0.2) is 4.39 Å². The van der Waals surface area contributed by atoms with Gasteiger partial charge in [0.1, 0.15) is 17.1 Å². The van der Waals surface area contributed by atoms with Gasteiger partial charge >= 0.3 is 18.7 Å². The summed E-state index contributed by atoms with van der Waals surface area (Å²) in [4.78, 5) is 17.8. The van der Waals surface area contributed by atoms with E-state index in [2.05, 4.69) is 20.1 Å². The van der Waals surface area contributed by atoms with Crippen molar-refractivity contribution in [3.63, 3.8) is 0 Å². The molecule has 0 saturated heterocycles. The Morgan fingerprint density at radius 3 is 2.31 bits per heavy atom. The molecule has 6 nitrogen and oxygen atoms in total. The Morgan fingerprint density at radius 1 is 1.02 bits per heavy atom. The number of amides is 1. The minimum atomic E-state index is -5.02. The molecule has 0 bridgehead atoms. The Bertz CT molecular complexity index is 1560. The highest BCUT2D eigenvalue weighted by Crippen LogP contribution is 2.38. The summed E-state index contributed by atoms with van der Waals surface area (Å²) in [6.07, 6.45) is -12.8. The number of hydrogen-bond acceptors (Lipinski definition) is 4. The Labute approximate surface area is 237 Å². The van der Waals surface area contributed by atoms with Crippen LogP contribution in [0.4, 0.5) is 35.1 Å². The third-order valence-corrected chi connectivity index (χ3v) is 6.35. The molecule has 1 N–H and O–H groups in total. The lowest BCUT2D eigenvalue weighted by Gasteiger charge is -2.36. The maximum absolute atomic E-state index is 14.9. The van der Waals surface area contributed by atoms with Crippen LogP contribution in [0.25, 0.3) is 0 Å². The first-order valence-electron chi connectivity index (χ1n) is 11.9. The molecule has 15 heteroatoms. The van der Waals surface area contributed by atoms with E-state index in [1.165, 1.54) is 12.1 Å². The molecular weight excluding hydrogens is 600 g/mol. The fourth-order valence-electron chi connectivity index (χ4n) is 4.32. The topological polar surface area (TPSA) is 69.0 Å². The number of nitrogens with one attached hydrogen (secondary N) is 1. The first kappa shape index (κ1) is 30.8. The van der Waals surface area contributed by atoms with Crippen molar-refractivity contribution in [2.24, 2.45) is 7.05 Å². The number of ether oxygens (including phenoxy) is 1. The average Bonchev–Trinajstić information content (AvgIpc) is 3.31. The lowest BCUT2D eigenvalue weighted by Crippen LogP contribution is -2.49. The predicted molar refractivity (Wildman–Crippen MR) is 134 cm³/mol. The monoisotopic (exact) mass is 618 g/mol. The minimum Gasteiger partial charge on any atom is -0.428 e. The van der Waals surface area contributed by atoms with Crippen molar-refractivity contribution in [1.29, 1.82) is 0 Å². The van der Waals surface area contributed by atoms with Crippen molar-refractivity contribution in [3.05, 3.63) is 112 Å². The zero-order valence-electron chi connectivity index (χ0n) is 21.3. The first-order chi connectivity index (χ1) is 19.6. The summed E-state index contributed by atoms with van der Waals surface area (Å²) >= 11 is 5.98. The van der Waals surface area contributed by atoms with Crippen molar-refractivity contribution in [3.8, 4) is 5.75 Å². The number of benzene rings is 2. The Balaban J connectivity index is 1.97. The summed E-state index contributed by atoms with van der Waals surface area (Å²) in [7, 11) is 0.969. The van der Waals surface area contributed by atoms with Gasteiger partial charge in [0, 0.05) is 25.7 Å². The average molecular weight is 619 g/mol. The maximum Gasteiger partial charge on any atom is 0.461 e. The van der Waals surface area contributed by atoms with E-state index in [1.54, 1.807) is 30.3 Å². The lowest BCUT2D eigenvalue weighted by atomic mass is 9.80. The summed E-state index contributed by atoms with van der Waals surface area (Å²) in [5.74, 6) is -3.63. The SMILES string of the molecule is Cn1ncc(C(=O)N[C@@](Cc2ccccc2)(c2cc(F)cc(OC(F)(F)C(F)F)c2)c2ccc(Cl)cn2)c1C(F)(F)F. The molecule has 0 spiro atoms. The van der Waals surface area contributed by atoms with E-state index in [0.29, 0.717) is 22.5 Å². The number of aromatic nitrogens is 3. The minimum absolute atomic E-state index is 0.112. The Kier molecular flexibility index (Phi) is 8.48. The number of halogens is 9. The smallest absolute Gasteiger partial charge is 0.428 e. The summed E-state index contributed by atoms with van der Waals surface area (Å²) in [6.45, 7) is 0. The highest BCUT2D eigenvalue weighted by Gasteiger charge is 2.46. The molecule has 4 rings (SSSR count). The van der Waals surface area contributed by atoms with E-state index in [9.17, 15) is 39.9 Å². The van der Waals surface area contributed by atoms with Crippen LogP contribution in [0, 0.1) is 5.82 Å². The van der Waals surface area contributed by atoms with Gasteiger partial charge in [0.15, 0.2) is 5.69 Å². The largest absolute Gasteiger partial charge is 0.461 e. The van der Waals surface area contributed by atoms with Gasteiger partial charge in [-0.05, 0) is 35.4 Å². The van der Waals surface area contributed by atoms with Gasteiger partial charge in [-0.3, -0.25) is 14.5 Å². The van der Waals surface area contributed by atoms with Crippen LogP contribution in [0.3, 0.4) is 0 Å². The fraction of sp³-hybridized carbons (Fsp3) is 0.222. The van der Waals surface area contributed by atoms with E-state index < -0.39 is 53.0 Å². The molecule has 1 amide bonds. The number of carbonyl (C=O) groups excluding carboxylic acids is 1. The quantitative estimate of drug-likeness (QED) is 0.210. The van der Waals surface area contributed by atoms with Crippen LogP contribution in [0.15, 0.2) is 73.1 Å². The summed E-state index contributed by atoms with van der Waals surface area (Å²) in [6, 6.07) is 12.5. The molecule has 0 fully saturated rings. The lowest BCUT2D eigenvalue weighted by molar-refractivity contribution is -0.253. The van der Waals surface area contributed by atoms with Crippen LogP contribution in [0.5, 0.6) is 5.75 Å². The first-order valence-corrected chi connectivity index (χ1v) is 12.2. The third-order valence-electron chi connectivity index (χ3n) is 6.13. The van der Waals surface area contributed by atoms with Crippen molar-refractivity contribution < 1.29 is 44.7 Å². The van der Waals surface area contributed by atoms with Crippen molar-refractivity contribution in [2.45, 2.75) is 30.7 Å². The van der Waals surface area contributed by atoms with E-state index in [4.69, 9.17) is 11.6 Å². The number of rotatable bonds is 9. The summed E-state index contributed by atoms with van der Waals surface area (Å²) in [5.41, 5.74) is -4.46. The predicted octanol–water partition coefficient (Wildman–Crippen LogP) is 6.78. The maximum atomic E-state index is 14.9. The Morgan fingerprint density at radius 2 is 1.71 bits per heavy atom. The number of hydrogen-bond donors (Lipinski definition) is 1. The zero-order valence-corrected chi connectivity index (χ0v) is 22.0. The van der Waals surface area contributed by atoms with Crippen LogP contribution in [-0.4, -0.2) is 33.2 Å². The molecule has 4 aromatic rings. The van der Waals surface area contributed by atoms with Crippen LogP contribution in [0.2, 0.25) is 5.02 Å². The molecule has 42 heavy (non-hydrogen) atoms. The second kappa shape index (κ2) is 11.6. The molecule has 0 unspecified atom stereocenters. The molecule has 2 aromatic carbocycles. The van der Waals surface area contributed by atoms with Crippen LogP contribution in [0.1, 0.15) is 32.9 Å². The highest BCUT2D eigenvalue weighted by atomic mass is 35.5. The van der Waals surface area contributed by atoms with Gasteiger partial charge in [-0.15, -0.1) is 0 Å². The van der Waals surface area contributed by atoms with Gasteiger partial charge in [0.25, 0.3) is 5.91 Å². The summed E-state index contributed by atoms with van der Waals surface area (Å²) < 4.78 is 114. The van der Waals surface area contributed by atoms with Crippen LogP contribution in [-0.2, 0) is 25.2 Å². The highest BCUT2D eigenvalue weighted by molar-refractivity contribution is 6.30.